The number of anilines is 1. The van der Waals surface area contributed by atoms with Crippen molar-refractivity contribution in [3.63, 3.8) is 0 Å². The normalized spacial score (nSPS) is 14.3. The first-order valence-corrected chi connectivity index (χ1v) is 11.1. The molecule has 13 heteroatoms. The fourth-order valence-electron chi connectivity index (χ4n) is 3.00. The molecule has 0 aliphatic rings. The first kappa shape index (κ1) is 26.5. The number of aromatic hydroxyl groups is 1. The molecule has 1 aromatic carbocycles. The zero-order valence-corrected chi connectivity index (χ0v) is 19.5. The van der Waals surface area contributed by atoms with Crippen LogP contribution in [0.2, 0.25) is 0 Å². The van der Waals surface area contributed by atoms with Gasteiger partial charge in [0.1, 0.15) is 17.3 Å². The largest absolute Gasteiger partial charge is 0.508 e. The average molecular weight is 493 g/mol. The minimum atomic E-state index is -1.80. The molecule has 0 saturated heterocycles. The topological polar surface area (TPSA) is 210 Å². The molecule has 9 N–H and O–H groups in total. The van der Waals surface area contributed by atoms with Crippen LogP contribution in [0.5, 0.6) is 5.75 Å². The van der Waals surface area contributed by atoms with Crippen molar-refractivity contribution >= 4 is 40.1 Å². The van der Waals surface area contributed by atoms with Gasteiger partial charge in [0, 0.05) is 12.6 Å². The number of primary amides is 2. The molecule has 0 saturated carbocycles. The number of aliphatic hydroxyl groups is 1. The summed E-state index contributed by atoms with van der Waals surface area (Å²) in [6, 6.07) is 4.83. The summed E-state index contributed by atoms with van der Waals surface area (Å²) in [6.45, 7) is 2.23. The van der Waals surface area contributed by atoms with Gasteiger partial charge in [-0.2, -0.15) is 0 Å². The van der Waals surface area contributed by atoms with E-state index < -0.39 is 41.1 Å². The molecule has 34 heavy (non-hydrogen) atoms. The Hall–Kier alpha value is -3.71. The van der Waals surface area contributed by atoms with Gasteiger partial charge in [-0.15, -0.1) is 0 Å². The summed E-state index contributed by atoms with van der Waals surface area (Å²) in [7, 11) is 0. The summed E-state index contributed by atoms with van der Waals surface area (Å²) in [5.41, 5.74) is 9.68. The van der Waals surface area contributed by atoms with E-state index in [-0.39, 0.29) is 25.3 Å². The Bertz CT molecular complexity index is 1040. The Balaban J connectivity index is 2.15. The van der Waals surface area contributed by atoms with Crippen LogP contribution < -0.4 is 27.4 Å². The maximum Gasteiger partial charge on any atom is 0.246 e. The highest BCUT2D eigenvalue weighted by atomic mass is 32.1. The lowest BCUT2D eigenvalue weighted by Gasteiger charge is -2.34. The van der Waals surface area contributed by atoms with Gasteiger partial charge >= 0.3 is 0 Å². The first-order valence-electron chi connectivity index (χ1n) is 10.2. The molecule has 0 spiro atoms. The maximum atomic E-state index is 13.2. The van der Waals surface area contributed by atoms with Crippen LogP contribution in [0.3, 0.4) is 0 Å². The van der Waals surface area contributed by atoms with Crippen molar-refractivity contribution in [1.82, 2.24) is 15.6 Å². The monoisotopic (exact) mass is 492 g/mol. The van der Waals surface area contributed by atoms with Crippen LogP contribution in [-0.4, -0.2) is 57.0 Å². The summed E-state index contributed by atoms with van der Waals surface area (Å²) in [6.07, 6.45) is 1.48. The highest BCUT2D eigenvalue weighted by Gasteiger charge is 2.44. The van der Waals surface area contributed by atoms with E-state index in [1.165, 1.54) is 32.2 Å². The molecule has 0 aliphatic carbocycles. The number of aromatic nitrogens is 1. The van der Waals surface area contributed by atoms with E-state index >= 15 is 0 Å². The zero-order valence-electron chi connectivity index (χ0n) is 18.7. The number of benzene rings is 1. The van der Waals surface area contributed by atoms with E-state index in [4.69, 9.17) is 16.6 Å². The molecular weight excluding hydrogens is 464 g/mol. The average Bonchev–Trinajstić information content (AvgIpc) is 3.26. The quantitative estimate of drug-likeness (QED) is 0.194. The molecule has 0 bridgehead atoms. The van der Waals surface area contributed by atoms with Crippen LogP contribution in [0.15, 0.2) is 30.5 Å². The second-order valence-corrected chi connectivity index (χ2v) is 8.93. The Morgan fingerprint density at radius 1 is 1.15 bits per heavy atom. The maximum absolute atomic E-state index is 13.2. The van der Waals surface area contributed by atoms with Gasteiger partial charge in [-0.3, -0.25) is 19.2 Å². The Morgan fingerprint density at radius 3 is 2.32 bits per heavy atom. The van der Waals surface area contributed by atoms with Gasteiger partial charge in [-0.1, -0.05) is 30.4 Å². The Labute approximate surface area is 199 Å². The van der Waals surface area contributed by atoms with Crippen LogP contribution in [0.1, 0.15) is 24.3 Å². The zero-order chi connectivity index (χ0) is 25.5. The number of hydrogen-bond acceptors (Lipinski definition) is 9. The molecule has 0 radical (unpaired) electrons. The van der Waals surface area contributed by atoms with E-state index in [0.29, 0.717) is 15.6 Å². The lowest BCUT2D eigenvalue weighted by molar-refractivity contribution is -0.140. The number of nitrogens with zero attached hydrogens (tertiary/aromatic N) is 1. The first-order chi connectivity index (χ1) is 16.0. The van der Waals surface area contributed by atoms with Gasteiger partial charge in [-0.05, 0) is 24.6 Å². The second kappa shape index (κ2) is 11.4. The number of phenolic OH excluding ortho intramolecular Hbond substituents is 1. The molecule has 0 fully saturated rings. The number of phenols is 1. The van der Waals surface area contributed by atoms with Crippen LogP contribution >= 0.6 is 11.3 Å². The van der Waals surface area contributed by atoms with E-state index in [1.54, 1.807) is 12.1 Å². The van der Waals surface area contributed by atoms with Gasteiger partial charge < -0.3 is 37.6 Å². The predicted molar refractivity (Wildman–Crippen MR) is 124 cm³/mol. The van der Waals surface area contributed by atoms with Gasteiger partial charge in [-0.25, -0.2) is 4.98 Å². The van der Waals surface area contributed by atoms with Crippen molar-refractivity contribution in [2.75, 3.05) is 11.9 Å². The lowest BCUT2D eigenvalue weighted by atomic mass is 9.84. The number of thiazole rings is 1. The molecule has 1 heterocycles. The van der Waals surface area contributed by atoms with Crippen LogP contribution in [0.4, 0.5) is 5.13 Å². The molecule has 0 unspecified atom stereocenters. The second-order valence-electron chi connectivity index (χ2n) is 7.82. The summed E-state index contributed by atoms with van der Waals surface area (Å²) in [5, 5.41) is 26.7. The van der Waals surface area contributed by atoms with Crippen LogP contribution in [0.25, 0.3) is 0 Å². The predicted octanol–water partition coefficient (Wildman–Crippen LogP) is -1.04. The third kappa shape index (κ3) is 6.89. The van der Waals surface area contributed by atoms with Crippen molar-refractivity contribution in [2.45, 2.75) is 38.5 Å². The van der Waals surface area contributed by atoms with E-state index in [0.717, 1.165) is 11.3 Å². The highest BCUT2D eigenvalue weighted by molar-refractivity contribution is 7.15. The fourth-order valence-corrected chi connectivity index (χ4v) is 3.66. The highest BCUT2D eigenvalue weighted by Crippen LogP contribution is 2.20. The third-order valence-electron chi connectivity index (χ3n) is 5.30. The van der Waals surface area contributed by atoms with E-state index in [2.05, 4.69) is 20.9 Å². The molecule has 184 valence electrons. The van der Waals surface area contributed by atoms with Crippen molar-refractivity contribution in [3.05, 3.63) is 40.9 Å². The summed E-state index contributed by atoms with van der Waals surface area (Å²) < 4.78 is 0. The molecule has 12 nitrogen and oxygen atoms in total. The fraction of sp³-hybridized carbons (Fsp3) is 0.381. The molecule has 0 aliphatic heterocycles. The summed E-state index contributed by atoms with van der Waals surface area (Å²) in [4.78, 5) is 54.3. The molecule has 4 amide bonds. The number of hydrogen-bond donors (Lipinski definition) is 7. The van der Waals surface area contributed by atoms with Gasteiger partial charge in [0.05, 0.1) is 23.9 Å². The number of rotatable bonds is 12. The summed E-state index contributed by atoms with van der Waals surface area (Å²) in [5.74, 6) is -4.24. The number of nitrogens with one attached hydrogen (secondary N) is 3. The van der Waals surface area contributed by atoms with Crippen LogP contribution in [-0.2, 0) is 32.2 Å². The van der Waals surface area contributed by atoms with Crippen molar-refractivity contribution < 1.29 is 29.4 Å². The molecule has 3 atom stereocenters. The summed E-state index contributed by atoms with van der Waals surface area (Å²) >= 11 is 1.15. The van der Waals surface area contributed by atoms with Crippen molar-refractivity contribution in [1.29, 1.82) is 0 Å². The number of aliphatic hydroxyl groups excluding tert-OH is 1. The van der Waals surface area contributed by atoms with E-state index in [1.807, 2.05) is 0 Å². The van der Waals surface area contributed by atoms with Gasteiger partial charge in [0.15, 0.2) is 5.13 Å². The smallest absolute Gasteiger partial charge is 0.246 e. The van der Waals surface area contributed by atoms with Crippen LogP contribution in [0, 0.1) is 5.92 Å². The van der Waals surface area contributed by atoms with Gasteiger partial charge in [0.2, 0.25) is 23.6 Å². The molecular formula is C21H28N6O6S. The standard InChI is InChI=1S/C21H28N6O6S/c1-11(17(22)31)21(2,27-16(30)9-25-20-24-8-14(10-28)34-20)19(33)26-15(18(23)32)7-12-3-5-13(29)6-4-12/h3-6,8,11,15,28-29H,7,9-10H2,1-2H3,(H2,22,31)(H2,23,32)(H,24,25)(H,26,33)(H,27,30)/t11-,15+,21-/m1/s1. The Morgan fingerprint density at radius 2 is 1.79 bits per heavy atom. The third-order valence-corrected chi connectivity index (χ3v) is 6.24. The van der Waals surface area contributed by atoms with Crippen molar-refractivity contribution in [3.8, 4) is 5.75 Å². The number of carbonyl (C=O) groups is 4. The SMILES string of the molecule is C[C@H](C(N)=O)[C@@](C)(NC(=O)CNc1ncc(CO)s1)C(=O)N[C@@H](Cc1ccc(O)cc1)C(N)=O. The van der Waals surface area contributed by atoms with E-state index in [9.17, 15) is 24.3 Å². The molecule has 1 aromatic heterocycles. The van der Waals surface area contributed by atoms with Gasteiger partial charge in [0.25, 0.3) is 0 Å². The number of nitrogens with two attached hydrogens (primary N) is 2. The Kier molecular flexibility index (Phi) is 8.92. The lowest BCUT2D eigenvalue weighted by Crippen LogP contribution is -2.65. The van der Waals surface area contributed by atoms with Crippen molar-refractivity contribution in [2.24, 2.45) is 17.4 Å². The number of amides is 4. The number of carbonyl (C=O) groups excluding carboxylic acids is 4. The minimum absolute atomic E-state index is 0.0229. The molecule has 2 aromatic rings. The minimum Gasteiger partial charge on any atom is -0.508 e. The molecule has 2 rings (SSSR count).